The van der Waals surface area contributed by atoms with Gasteiger partial charge in [0.25, 0.3) is 5.91 Å². The smallest absolute Gasteiger partial charge is 0.305 e. The van der Waals surface area contributed by atoms with Crippen LogP contribution in [0.1, 0.15) is 92.3 Å². The molecule has 7 heteroatoms. The van der Waals surface area contributed by atoms with Gasteiger partial charge in [-0.25, -0.2) is 4.98 Å². The molecule has 2 N–H and O–H groups in total. The Hall–Kier alpha value is -2.67. The molecule has 3 unspecified atom stereocenters. The van der Waals surface area contributed by atoms with Gasteiger partial charge in [0, 0.05) is 28.9 Å². The third-order valence-electron chi connectivity index (χ3n) is 7.00. The van der Waals surface area contributed by atoms with Gasteiger partial charge in [0.2, 0.25) is 0 Å². The molecule has 0 radical (unpaired) electrons. The lowest BCUT2D eigenvalue weighted by atomic mass is 9.85. The number of nitrogens with one attached hydrogen (secondary N) is 1. The monoisotopic (exact) mass is 481 g/mol. The van der Waals surface area contributed by atoms with Crippen molar-refractivity contribution < 1.29 is 14.7 Å². The average Bonchev–Trinajstić information content (AvgIpc) is 3.44. The number of imidazole rings is 1. The number of benzene rings is 1. The Labute approximate surface area is 205 Å². The first-order valence-corrected chi connectivity index (χ1v) is 13.4. The fourth-order valence-corrected chi connectivity index (χ4v) is 5.89. The first-order valence-electron chi connectivity index (χ1n) is 12.5. The minimum atomic E-state index is -0.893. The van der Waals surface area contributed by atoms with Crippen LogP contribution in [0.25, 0.3) is 11.0 Å². The Morgan fingerprint density at radius 3 is 2.79 bits per heavy atom. The van der Waals surface area contributed by atoms with Crippen LogP contribution in [0.4, 0.5) is 0 Å². The van der Waals surface area contributed by atoms with Crippen molar-refractivity contribution in [1.82, 2.24) is 14.9 Å². The van der Waals surface area contributed by atoms with E-state index in [4.69, 9.17) is 4.98 Å². The Balaban J connectivity index is 1.65. The molecule has 0 spiro atoms. The molecule has 6 nitrogen and oxygen atoms in total. The normalized spacial score (nSPS) is 19.2. The van der Waals surface area contributed by atoms with E-state index in [9.17, 15) is 14.7 Å². The first kappa shape index (κ1) is 24.5. The summed E-state index contributed by atoms with van der Waals surface area (Å²) in [7, 11) is 0. The fourth-order valence-electron chi connectivity index (χ4n) is 5.19. The van der Waals surface area contributed by atoms with Crippen LogP contribution >= 0.6 is 11.3 Å². The van der Waals surface area contributed by atoms with Crippen molar-refractivity contribution in [3.63, 3.8) is 0 Å². The highest BCUT2D eigenvalue weighted by atomic mass is 32.1. The number of fused-ring (bicyclic) bond motifs is 1. The molecular weight excluding hydrogens is 446 g/mol. The van der Waals surface area contributed by atoms with Gasteiger partial charge in [-0.3, -0.25) is 9.59 Å². The van der Waals surface area contributed by atoms with Gasteiger partial charge in [-0.1, -0.05) is 45.6 Å². The summed E-state index contributed by atoms with van der Waals surface area (Å²) in [4.78, 5) is 30.6. The minimum Gasteiger partial charge on any atom is -0.481 e. The van der Waals surface area contributed by atoms with Crippen molar-refractivity contribution in [2.24, 2.45) is 5.92 Å². The summed E-state index contributed by atoms with van der Waals surface area (Å²) in [5.74, 6) is 0.520. The van der Waals surface area contributed by atoms with Gasteiger partial charge in [0.1, 0.15) is 5.82 Å². The molecule has 0 aliphatic heterocycles. The van der Waals surface area contributed by atoms with Crippen LogP contribution in [0.5, 0.6) is 0 Å². The van der Waals surface area contributed by atoms with Crippen LogP contribution < -0.4 is 5.32 Å². The number of rotatable bonds is 10. The summed E-state index contributed by atoms with van der Waals surface area (Å²) >= 11 is 1.74. The number of aliphatic carboxylic acids is 1. The van der Waals surface area contributed by atoms with Crippen molar-refractivity contribution in [2.45, 2.75) is 83.7 Å². The van der Waals surface area contributed by atoms with E-state index in [0.717, 1.165) is 42.5 Å². The summed E-state index contributed by atoms with van der Waals surface area (Å²) in [5.41, 5.74) is 2.44. The third-order valence-corrected chi connectivity index (χ3v) is 7.87. The second kappa shape index (κ2) is 11.2. The zero-order valence-electron chi connectivity index (χ0n) is 20.1. The van der Waals surface area contributed by atoms with Crippen molar-refractivity contribution in [3.05, 3.63) is 52.0 Å². The van der Waals surface area contributed by atoms with Gasteiger partial charge in [0.05, 0.1) is 17.5 Å². The number of aromatic nitrogens is 2. The van der Waals surface area contributed by atoms with Crippen molar-refractivity contribution in [2.75, 3.05) is 0 Å². The summed E-state index contributed by atoms with van der Waals surface area (Å²) in [6.07, 6.45) is 8.13. The van der Waals surface area contributed by atoms with Crippen molar-refractivity contribution in [1.29, 1.82) is 0 Å². The van der Waals surface area contributed by atoms with Crippen LogP contribution in [0, 0.1) is 5.92 Å². The molecule has 1 saturated carbocycles. The highest BCUT2D eigenvalue weighted by Gasteiger charge is 2.27. The molecule has 3 aromatic rings. The van der Waals surface area contributed by atoms with Crippen molar-refractivity contribution >= 4 is 34.2 Å². The van der Waals surface area contributed by atoms with E-state index in [0.29, 0.717) is 23.9 Å². The van der Waals surface area contributed by atoms with Crippen LogP contribution in [-0.4, -0.2) is 32.6 Å². The largest absolute Gasteiger partial charge is 0.481 e. The number of hydrogen-bond donors (Lipinski definition) is 2. The lowest BCUT2D eigenvalue weighted by Crippen LogP contribution is -2.36. The minimum absolute atomic E-state index is 0.0624. The van der Waals surface area contributed by atoms with Gasteiger partial charge < -0.3 is 15.0 Å². The Kier molecular flexibility index (Phi) is 8.03. The number of thiophene rings is 1. The molecule has 3 atom stereocenters. The Bertz CT molecular complexity index is 1120. The number of carbonyl (C=O) groups is 2. The number of unbranched alkanes of at least 4 members (excludes halogenated alkanes) is 1. The summed E-state index contributed by atoms with van der Waals surface area (Å²) in [6.45, 7) is 4.40. The molecule has 1 amide bonds. The molecule has 1 aliphatic rings. The summed E-state index contributed by atoms with van der Waals surface area (Å²) < 4.78 is 2.43. The molecule has 182 valence electrons. The van der Waals surface area contributed by atoms with E-state index >= 15 is 0 Å². The lowest BCUT2D eigenvalue weighted by molar-refractivity contribution is -0.137. The topological polar surface area (TPSA) is 84.2 Å². The quantitative estimate of drug-likeness (QED) is 0.361. The van der Waals surface area contributed by atoms with Crippen LogP contribution in [0.3, 0.4) is 0 Å². The van der Waals surface area contributed by atoms with E-state index in [1.54, 1.807) is 11.3 Å². The van der Waals surface area contributed by atoms with E-state index in [1.807, 2.05) is 18.2 Å². The maximum atomic E-state index is 13.0. The molecule has 1 aliphatic carbocycles. The van der Waals surface area contributed by atoms with Crippen molar-refractivity contribution in [3.8, 4) is 0 Å². The highest BCUT2D eigenvalue weighted by Crippen LogP contribution is 2.37. The first-order chi connectivity index (χ1) is 16.5. The average molecular weight is 482 g/mol. The number of carbonyl (C=O) groups excluding carboxylic acids is 1. The maximum Gasteiger partial charge on any atom is 0.305 e. The van der Waals surface area contributed by atoms with Gasteiger partial charge in [-0.2, -0.15) is 0 Å². The third kappa shape index (κ3) is 5.69. The summed E-state index contributed by atoms with van der Waals surface area (Å²) in [6, 6.07) is 10.0. The molecule has 1 aromatic carbocycles. The van der Waals surface area contributed by atoms with Gasteiger partial charge in [0.15, 0.2) is 0 Å². The Morgan fingerprint density at radius 1 is 1.26 bits per heavy atom. The molecule has 0 saturated heterocycles. The maximum absolute atomic E-state index is 13.0. The van der Waals surface area contributed by atoms with E-state index in [-0.39, 0.29) is 18.4 Å². The van der Waals surface area contributed by atoms with Gasteiger partial charge in [-0.15, -0.1) is 11.3 Å². The fraction of sp³-hybridized carbons (Fsp3) is 0.519. The zero-order chi connectivity index (χ0) is 24.1. The predicted octanol–water partition coefficient (Wildman–Crippen LogP) is 6.20. The lowest BCUT2D eigenvalue weighted by Gasteiger charge is -2.31. The molecule has 1 fully saturated rings. The molecular formula is C27H35N3O3S. The molecule has 2 aromatic heterocycles. The molecule has 4 rings (SSSR count). The Morgan fingerprint density at radius 2 is 2.09 bits per heavy atom. The van der Waals surface area contributed by atoms with E-state index < -0.39 is 5.97 Å². The van der Waals surface area contributed by atoms with Gasteiger partial charge >= 0.3 is 5.97 Å². The molecule has 2 heterocycles. The predicted molar refractivity (Wildman–Crippen MR) is 137 cm³/mol. The molecule has 0 bridgehead atoms. The van der Waals surface area contributed by atoms with Crippen LogP contribution in [-0.2, 0) is 11.2 Å². The SMILES string of the molecule is CCCCC(CC(=O)O)NC(=O)c1ccc2c(c1)nc(Cc1cccs1)n2C1CCCCC1C. The summed E-state index contributed by atoms with van der Waals surface area (Å²) in [5, 5.41) is 14.3. The molecule has 34 heavy (non-hydrogen) atoms. The zero-order valence-corrected chi connectivity index (χ0v) is 20.9. The van der Waals surface area contributed by atoms with Crippen LogP contribution in [0.2, 0.25) is 0 Å². The second-order valence-corrected chi connectivity index (χ2v) is 10.6. The second-order valence-electron chi connectivity index (χ2n) is 9.60. The van der Waals surface area contributed by atoms with E-state index in [2.05, 4.69) is 41.2 Å². The number of hydrogen-bond acceptors (Lipinski definition) is 4. The van der Waals surface area contributed by atoms with Crippen LogP contribution in [0.15, 0.2) is 35.7 Å². The van der Waals surface area contributed by atoms with Gasteiger partial charge in [-0.05, 0) is 54.8 Å². The number of amides is 1. The number of carboxylic acids is 1. The standard InChI is InChI=1S/C27H35N3O3S/c1-3-4-9-20(16-26(31)32)28-27(33)19-12-13-24-22(15-19)29-25(17-21-10-7-14-34-21)30(24)23-11-6-5-8-18(23)2/h7,10,12-15,18,20,23H,3-6,8-9,11,16-17H2,1-2H3,(H,28,33)(H,31,32). The number of carboxylic acid groups (broad SMARTS) is 1. The highest BCUT2D eigenvalue weighted by molar-refractivity contribution is 7.09. The number of nitrogens with zero attached hydrogens (tertiary/aromatic N) is 2. The van der Waals surface area contributed by atoms with E-state index in [1.165, 1.54) is 24.1 Å².